The van der Waals surface area contributed by atoms with E-state index in [0.717, 1.165) is 9.80 Å². The second-order valence-corrected chi connectivity index (χ2v) is 25.9. The van der Waals surface area contributed by atoms with Gasteiger partial charge in [0.2, 0.25) is 65.0 Å². The summed E-state index contributed by atoms with van der Waals surface area (Å²) in [7, 11) is 9.87. The smallest absolute Gasteiger partial charge is 0.246 e. The lowest BCUT2D eigenvalue weighted by atomic mass is 9.91. The fourth-order valence-electron chi connectivity index (χ4n) is 10.5. The lowest BCUT2D eigenvalue weighted by Crippen LogP contribution is -2.63. The number of carbonyl (C=O) groups excluding carboxylic acids is 11. The van der Waals surface area contributed by atoms with Crippen LogP contribution in [0.1, 0.15) is 150 Å². The molecule has 480 valence electrons. The number of rotatable bonds is 14. The summed E-state index contributed by atoms with van der Waals surface area (Å²) in [5.74, 6) is -9.78. The van der Waals surface area contributed by atoms with Crippen LogP contribution in [-0.2, 0) is 52.7 Å². The first-order valence-electron chi connectivity index (χ1n) is 30.0. The highest BCUT2D eigenvalue weighted by Gasteiger charge is 2.45. The summed E-state index contributed by atoms with van der Waals surface area (Å²) in [6.45, 7) is 29.0. The number of carbonyl (C=O) groups is 11. The summed E-state index contributed by atoms with van der Waals surface area (Å²) >= 11 is 0. The van der Waals surface area contributed by atoms with Crippen LogP contribution in [0.2, 0.25) is 0 Å². The summed E-state index contributed by atoms with van der Waals surface area (Å²) in [6, 6.07) is -12.4. The molecule has 11 amide bonds. The molecule has 0 aromatic rings. The minimum absolute atomic E-state index is 0.129. The Morgan fingerprint density at radius 1 is 0.429 bits per heavy atom. The number of aliphatic hydroxyl groups is 1. The van der Waals surface area contributed by atoms with E-state index in [-0.39, 0.29) is 49.4 Å². The van der Waals surface area contributed by atoms with Crippen LogP contribution < -0.4 is 21.3 Å². The van der Waals surface area contributed by atoms with E-state index in [4.69, 9.17) is 0 Å². The van der Waals surface area contributed by atoms with Crippen molar-refractivity contribution in [3.05, 3.63) is 12.2 Å². The number of nitrogens with zero attached hydrogens (tertiary/aromatic N) is 7. The van der Waals surface area contributed by atoms with E-state index >= 15 is 9.59 Å². The zero-order valence-electron chi connectivity index (χ0n) is 55.4. The Morgan fingerprint density at radius 3 is 1.26 bits per heavy atom. The van der Waals surface area contributed by atoms with E-state index in [1.54, 1.807) is 53.7 Å². The number of amides is 11. The fraction of sp³-hybridized carbons (Fsp3) is 0.787. The third-order valence-corrected chi connectivity index (χ3v) is 15.8. The Morgan fingerprint density at radius 2 is 0.810 bits per heavy atom. The van der Waals surface area contributed by atoms with Crippen LogP contribution in [-0.4, -0.2) is 227 Å². The first-order chi connectivity index (χ1) is 38.7. The lowest BCUT2D eigenvalue weighted by molar-refractivity contribution is -0.157. The van der Waals surface area contributed by atoms with E-state index in [2.05, 4.69) is 21.3 Å². The number of aliphatic hydroxyl groups excluding tert-OH is 1. The molecule has 1 rings (SSSR count). The number of hydrogen-bond donors (Lipinski definition) is 5. The summed E-state index contributed by atoms with van der Waals surface area (Å²) in [5, 5.41) is 22.9. The largest absolute Gasteiger partial charge is 0.390 e. The molecular formula is C61H109N11O12. The molecule has 1 fully saturated rings. The highest BCUT2D eigenvalue weighted by atomic mass is 16.3. The standard InChI is InChI=1S/C61H109N11O12/c1-25-26-27-39(14)51(74)50-55(78)64-41(16)56(79)66(18)32-47(73)67(19)43(28-33(2)3)54(77)65-48(37(10)11)60(83)68(20)44(29-34(4)5)53(76)62-40(15)52(75)63-42(17)57(80)69(21)45(30-35(6)7)58(81)70(22)46(31-36(8)9)59(82)71(23)49(38(12)13)61(84)72(50)24/h25-26,33-46,48-51,74H,27-32H2,1-24H3,(H,62,76)(H,63,75)(H,64,78)(H,65,77)/b26-25+/t39-,40+,41+,42-,43+,44+,45+,46+,48+,49?,50+,51-/m1/s1. The van der Waals surface area contributed by atoms with Crippen molar-refractivity contribution >= 4 is 65.0 Å². The molecule has 0 saturated carbocycles. The van der Waals surface area contributed by atoms with Gasteiger partial charge in [-0.05, 0) is 101 Å². The van der Waals surface area contributed by atoms with E-state index in [0.29, 0.717) is 6.42 Å². The van der Waals surface area contributed by atoms with Crippen molar-refractivity contribution < 1.29 is 57.8 Å². The molecule has 23 heteroatoms. The molecule has 0 aromatic heterocycles. The Kier molecular flexibility index (Phi) is 30.8. The van der Waals surface area contributed by atoms with Gasteiger partial charge in [0.25, 0.3) is 0 Å². The van der Waals surface area contributed by atoms with Crippen molar-refractivity contribution in [3.63, 3.8) is 0 Å². The van der Waals surface area contributed by atoms with Crippen molar-refractivity contribution in [3.8, 4) is 0 Å². The summed E-state index contributed by atoms with van der Waals surface area (Å²) in [6.07, 6.45) is 3.00. The van der Waals surface area contributed by atoms with Gasteiger partial charge in [0.1, 0.15) is 60.4 Å². The van der Waals surface area contributed by atoms with Crippen LogP contribution in [0.25, 0.3) is 0 Å². The second-order valence-electron chi connectivity index (χ2n) is 25.9. The van der Waals surface area contributed by atoms with Gasteiger partial charge in [0, 0.05) is 49.3 Å². The van der Waals surface area contributed by atoms with E-state index in [9.17, 15) is 48.3 Å². The highest BCUT2D eigenvalue weighted by Crippen LogP contribution is 2.25. The van der Waals surface area contributed by atoms with E-state index in [1.165, 1.54) is 94.6 Å². The SMILES string of the molecule is C/C=C/C[C@@H](C)[C@@H](O)[C@H]1C(=O)N[C@@H](C)C(=O)N(C)CC(=O)N(C)[C@@H](CC(C)C)C(=O)N[C@@H](C(C)C)C(=O)N(C)[C@@H](CC(C)C)C(=O)N[C@@H](C)C(=O)N[C@H](C)C(=O)N(C)[C@@H](CC(C)C)C(=O)N(C)[C@@H](CC(C)C)C(=O)N(C)C(C(C)C)C(=O)N1C. The number of allylic oxidation sites excluding steroid dienone is 2. The molecule has 5 N–H and O–H groups in total. The van der Waals surface area contributed by atoms with Gasteiger partial charge < -0.3 is 60.7 Å². The summed E-state index contributed by atoms with van der Waals surface area (Å²) < 4.78 is 0. The van der Waals surface area contributed by atoms with Crippen LogP contribution in [0.15, 0.2) is 12.2 Å². The molecule has 0 radical (unpaired) electrons. The van der Waals surface area contributed by atoms with Gasteiger partial charge in [-0.2, -0.15) is 0 Å². The maximum atomic E-state index is 15.1. The van der Waals surface area contributed by atoms with Crippen LogP contribution >= 0.6 is 0 Å². The quantitative estimate of drug-likeness (QED) is 0.157. The molecule has 1 saturated heterocycles. The van der Waals surface area contributed by atoms with Crippen molar-refractivity contribution in [1.29, 1.82) is 0 Å². The zero-order chi connectivity index (χ0) is 65.3. The van der Waals surface area contributed by atoms with Crippen molar-refractivity contribution in [2.45, 2.75) is 216 Å². The van der Waals surface area contributed by atoms with Crippen molar-refractivity contribution in [1.82, 2.24) is 55.6 Å². The van der Waals surface area contributed by atoms with E-state index < -0.39 is 156 Å². The molecule has 1 unspecified atom stereocenters. The van der Waals surface area contributed by atoms with Gasteiger partial charge in [-0.3, -0.25) is 52.7 Å². The molecular weight excluding hydrogens is 1080 g/mol. The minimum Gasteiger partial charge on any atom is -0.390 e. The summed E-state index contributed by atoms with van der Waals surface area (Å²) in [5.41, 5.74) is 0. The molecule has 0 bridgehead atoms. The van der Waals surface area contributed by atoms with Crippen LogP contribution in [0.3, 0.4) is 0 Å². The molecule has 1 aliphatic rings. The molecule has 84 heavy (non-hydrogen) atoms. The van der Waals surface area contributed by atoms with Crippen LogP contribution in [0.4, 0.5) is 0 Å². The minimum atomic E-state index is -1.61. The third kappa shape index (κ3) is 21.1. The fourth-order valence-corrected chi connectivity index (χ4v) is 10.5. The monoisotopic (exact) mass is 1190 g/mol. The first kappa shape index (κ1) is 75.9. The molecule has 12 atom stereocenters. The Bertz CT molecular complexity index is 2310. The van der Waals surface area contributed by atoms with E-state index in [1.807, 2.05) is 55.4 Å². The molecule has 0 aliphatic carbocycles. The van der Waals surface area contributed by atoms with Crippen molar-refractivity contribution in [2.75, 3.05) is 55.9 Å². The first-order valence-corrected chi connectivity index (χ1v) is 30.0. The van der Waals surface area contributed by atoms with Gasteiger partial charge in [-0.25, -0.2) is 0 Å². The Hall–Kier alpha value is -6.13. The summed E-state index contributed by atoms with van der Waals surface area (Å²) in [4.78, 5) is 168. The highest BCUT2D eigenvalue weighted by molar-refractivity contribution is 5.99. The number of likely N-dealkylation sites (N-methyl/N-ethyl adjacent to an activating group) is 7. The second kappa shape index (κ2) is 34.1. The van der Waals surface area contributed by atoms with Gasteiger partial charge in [-0.15, -0.1) is 0 Å². The molecule has 0 aromatic carbocycles. The Balaban J connectivity index is 4.28. The maximum absolute atomic E-state index is 15.1. The zero-order valence-corrected chi connectivity index (χ0v) is 55.4. The Labute approximate surface area is 502 Å². The maximum Gasteiger partial charge on any atom is 0.246 e. The molecule has 0 spiro atoms. The topological polar surface area (TPSA) is 279 Å². The predicted molar refractivity (Wildman–Crippen MR) is 324 cm³/mol. The molecule has 23 nitrogen and oxygen atoms in total. The molecule has 1 heterocycles. The van der Waals surface area contributed by atoms with Gasteiger partial charge in [0.15, 0.2) is 0 Å². The van der Waals surface area contributed by atoms with Gasteiger partial charge in [-0.1, -0.05) is 102 Å². The average molecular weight is 1190 g/mol. The van der Waals surface area contributed by atoms with Gasteiger partial charge >= 0.3 is 0 Å². The predicted octanol–water partition coefficient (Wildman–Crippen LogP) is 2.88. The lowest BCUT2D eigenvalue weighted by Gasteiger charge is -2.41. The van der Waals surface area contributed by atoms with Crippen LogP contribution in [0.5, 0.6) is 0 Å². The third-order valence-electron chi connectivity index (χ3n) is 15.8. The number of hydrogen-bond acceptors (Lipinski definition) is 12. The van der Waals surface area contributed by atoms with Crippen molar-refractivity contribution in [2.24, 2.45) is 41.4 Å². The molecule has 1 aliphatic heterocycles. The number of nitrogens with one attached hydrogen (secondary N) is 4. The van der Waals surface area contributed by atoms with Crippen LogP contribution in [0, 0.1) is 41.4 Å². The average Bonchev–Trinajstić information content (AvgIpc) is 2.58. The normalized spacial score (nSPS) is 27.1. The van der Waals surface area contributed by atoms with Gasteiger partial charge in [0.05, 0.1) is 12.6 Å².